The molecule has 0 bridgehead atoms. The van der Waals surface area contributed by atoms with E-state index in [4.69, 9.17) is 11.5 Å². The third-order valence-corrected chi connectivity index (χ3v) is 4.32. The lowest BCUT2D eigenvalue weighted by Crippen LogP contribution is -2.56. The summed E-state index contributed by atoms with van der Waals surface area (Å²) in [6.07, 6.45) is 2.26. The van der Waals surface area contributed by atoms with E-state index in [1.807, 2.05) is 30.3 Å². The van der Waals surface area contributed by atoms with E-state index in [0.29, 0.717) is 12.5 Å². The second-order valence-electron chi connectivity index (χ2n) is 5.71. The quantitative estimate of drug-likeness (QED) is 0.731. The lowest BCUT2D eigenvalue weighted by atomic mass is 9.89. The van der Waals surface area contributed by atoms with Crippen LogP contribution in [0.4, 0.5) is 0 Å². The Morgan fingerprint density at radius 3 is 2.19 bits per heavy atom. The minimum absolute atomic E-state index is 0.458. The van der Waals surface area contributed by atoms with Crippen LogP contribution in [0.2, 0.25) is 0 Å². The Hall–Kier alpha value is -1.39. The smallest absolute Gasteiger partial charge is 0.243 e. The Kier molecular flexibility index (Phi) is 6.85. The molecule has 4 N–H and O–H groups in total. The summed E-state index contributed by atoms with van der Waals surface area (Å²) < 4.78 is 0. The number of nitrogens with zero attached hydrogens (tertiary/aromatic N) is 1. The molecule has 4 heteroatoms. The molecule has 0 spiro atoms. The fourth-order valence-electron chi connectivity index (χ4n) is 2.62. The average molecular weight is 291 g/mol. The van der Waals surface area contributed by atoms with E-state index >= 15 is 0 Å². The van der Waals surface area contributed by atoms with Crippen LogP contribution < -0.4 is 11.5 Å². The highest BCUT2D eigenvalue weighted by Crippen LogP contribution is 2.21. The summed E-state index contributed by atoms with van der Waals surface area (Å²) in [6, 6.07) is 9.42. The fourth-order valence-corrected chi connectivity index (χ4v) is 2.62. The molecule has 21 heavy (non-hydrogen) atoms. The summed E-state index contributed by atoms with van der Waals surface area (Å²) in [5, 5.41) is 0. The number of benzene rings is 1. The third-order valence-electron chi connectivity index (χ3n) is 4.32. The lowest BCUT2D eigenvalue weighted by molar-refractivity contribution is -0.124. The molecule has 0 aliphatic heterocycles. The fraction of sp³-hybridized carbons (Fsp3) is 0.588. The van der Waals surface area contributed by atoms with Gasteiger partial charge in [-0.3, -0.25) is 4.79 Å². The molecule has 118 valence electrons. The van der Waals surface area contributed by atoms with Crippen molar-refractivity contribution in [3.63, 3.8) is 0 Å². The Bertz CT molecular complexity index is 431. The minimum atomic E-state index is -1.14. The van der Waals surface area contributed by atoms with Gasteiger partial charge in [-0.05, 0) is 18.0 Å². The van der Waals surface area contributed by atoms with Gasteiger partial charge in [0.2, 0.25) is 5.91 Å². The van der Waals surface area contributed by atoms with Crippen molar-refractivity contribution in [3.05, 3.63) is 35.9 Å². The largest absolute Gasteiger partial charge is 0.368 e. The molecule has 0 saturated carbocycles. The third kappa shape index (κ3) is 4.55. The van der Waals surface area contributed by atoms with Gasteiger partial charge < -0.3 is 16.4 Å². The Morgan fingerprint density at radius 1 is 1.19 bits per heavy atom. The number of rotatable bonds is 9. The van der Waals surface area contributed by atoms with Gasteiger partial charge in [0.15, 0.2) is 0 Å². The molecule has 1 amide bonds. The normalized spacial score (nSPS) is 14.4. The number of likely N-dealkylation sites (N-methyl/N-ethyl adjacent to an activating group) is 1. The Morgan fingerprint density at radius 2 is 1.76 bits per heavy atom. The van der Waals surface area contributed by atoms with E-state index in [-0.39, 0.29) is 0 Å². The maximum Gasteiger partial charge on any atom is 0.243 e. The molecule has 0 aliphatic rings. The van der Waals surface area contributed by atoms with Gasteiger partial charge in [-0.1, -0.05) is 63.9 Å². The second-order valence-corrected chi connectivity index (χ2v) is 5.71. The van der Waals surface area contributed by atoms with E-state index < -0.39 is 11.4 Å². The predicted octanol–water partition coefficient (Wildman–Crippen LogP) is 2.08. The molecule has 0 heterocycles. The number of amides is 1. The van der Waals surface area contributed by atoms with Gasteiger partial charge >= 0.3 is 0 Å². The first-order chi connectivity index (χ1) is 9.97. The molecule has 4 nitrogen and oxygen atoms in total. The van der Waals surface area contributed by atoms with Crippen LogP contribution in [0.3, 0.4) is 0 Å². The van der Waals surface area contributed by atoms with Crippen LogP contribution in [0.25, 0.3) is 0 Å². The molecule has 0 saturated heterocycles. The maximum atomic E-state index is 12.0. The Balaban J connectivity index is 2.93. The van der Waals surface area contributed by atoms with Crippen molar-refractivity contribution in [2.75, 3.05) is 19.6 Å². The molecule has 0 aliphatic carbocycles. The first-order valence-electron chi connectivity index (χ1n) is 7.84. The molecule has 1 unspecified atom stereocenters. The lowest BCUT2D eigenvalue weighted by Gasteiger charge is -2.34. The SMILES string of the molecule is CCC(CC)CN(CC)CC(N)(C(N)=O)c1ccccc1. The summed E-state index contributed by atoms with van der Waals surface area (Å²) in [5.74, 6) is 0.148. The van der Waals surface area contributed by atoms with Crippen LogP contribution in [0.5, 0.6) is 0 Å². The highest BCUT2D eigenvalue weighted by Gasteiger charge is 2.35. The molecule has 0 aromatic heterocycles. The van der Waals surface area contributed by atoms with Crippen molar-refractivity contribution in [1.29, 1.82) is 0 Å². The molecule has 1 aromatic rings. The molecule has 0 radical (unpaired) electrons. The zero-order valence-electron chi connectivity index (χ0n) is 13.5. The standard InChI is InChI=1S/C17H29N3O/c1-4-14(5-2)12-20(6-3)13-17(19,16(18)21)15-10-8-7-9-11-15/h7-11,14H,4-6,12-13,19H2,1-3H3,(H2,18,21). The van der Waals surface area contributed by atoms with Crippen molar-refractivity contribution in [2.24, 2.45) is 17.4 Å². The number of hydrogen-bond donors (Lipinski definition) is 2. The average Bonchev–Trinajstić information content (AvgIpc) is 2.51. The predicted molar refractivity (Wildman–Crippen MR) is 87.7 cm³/mol. The van der Waals surface area contributed by atoms with E-state index in [9.17, 15) is 4.79 Å². The number of carbonyl (C=O) groups is 1. The minimum Gasteiger partial charge on any atom is -0.368 e. The molecule has 0 fully saturated rings. The van der Waals surface area contributed by atoms with Crippen LogP contribution in [-0.4, -0.2) is 30.4 Å². The van der Waals surface area contributed by atoms with Crippen LogP contribution in [-0.2, 0) is 10.3 Å². The maximum absolute atomic E-state index is 12.0. The van der Waals surface area contributed by atoms with Crippen molar-refractivity contribution < 1.29 is 4.79 Å². The van der Waals surface area contributed by atoms with Crippen LogP contribution in [0.1, 0.15) is 39.2 Å². The van der Waals surface area contributed by atoms with Gasteiger partial charge in [0, 0.05) is 13.1 Å². The number of carbonyl (C=O) groups excluding carboxylic acids is 1. The monoisotopic (exact) mass is 291 g/mol. The summed E-state index contributed by atoms with van der Waals surface area (Å²) in [5.41, 5.74) is 11.6. The van der Waals surface area contributed by atoms with Crippen molar-refractivity contribution >= 4 is 5.91 Å². The topological polar surface area (TPSA) is 72.3 Å². The zero-order chi connectivity index (χ0) is 15.9. The molecule has 1 aromatic carbocycles. The van der Waals surface area contributed by atoms with E-state index in [1.54, 1.807) is 0 Å². The van der Waals surface area contributed by atoms with Gasteiger partial charge in [0.25, 0.3) is 0 Å². The van der Waals surface area contributed by atoms with Crippen molar-refractivity contribution in [3.8, 4) is 0 Å². The highest BCUT2D eigenvalue weighted by molar-refractivity contribution is 5.86. The molecule has 1 rings (SSSR count). The summed E-state index contributed by atoms with van der Waals surface area (Å²) in [6.45, 7) is 8.75. The second kappa shape index (κ2) is 8.15. The number of hydrogen-bond acceptors (Lipinski definition) is 3. The van der Waals surface area contributed by atoms with E-state index in [2.05, 4.69) is 25.7 Å². The molecule has 1 atom stereocenters. The van der Waals surface area contributed by atoms with Gasteiger partial charge in [-0.2, -0.15) is 0 Å². The van der Waals surface area contributed by atoms with Crippen LogP contribution >= 0.6 is 0 Å². The summed E-state index contributed by atoms with van der Waals surface area (Å²) in [4.78, 5) is 14.2. The first-order valence-corrected chi connectivity index (χ1v) is 7.84. The van der Waals surface area contributed by atoms with Gasteiger partial charge in [-0.25, -0.2) is 0 Å². The molecular weight excluding hydrogens is 262 g/mol. The summed E-state index contributed by atoms with van der Waals surface area (Å²) in [7, 11) is 0. The van der Waals surface area contributed by atoms with Crippen LogP contribution in [0.15, 0.2) is 30.3 Å². The molecular formula is C17H29N3O. The summed E-state index contributed by atoms with van der Waals surface area (Å²) >= 11 is 0. The van der Waals surface area contributed by atoms with Gasteiger partial charge in [-0.15, -0.1) is 0 Å². The first kappa shape index (κ1) is 17.7. The number of primary amides is 1. The van der Waals surface area contributed by atoms with Gasteiger partial charge in [0.05, 0.1) is 0 Å². The van der Waals surface area contributed by atoms with Crippen molar-refractivity contribution in [2.45, 2.75) is 39.2 Å². The van der Waals surface area contributed by atoms with Gasteiger partial charge in [0.1, 0.15) is 5.54 Å². The number of nitrogens with two attached hydrogens (primary N) is 2. The highest BCUT2D eigenvalue weighted by atomic mass is 16.1. The van der Waals surface area contributed by atoms with E-state index in [1.165, 1.54) is 0 Å². The zero-order valence-corrected chi connectivity index (χ0v) is 13.5. The Labute approximate surface area is 128 Å². The van der Waals surface area contributed by atoms with E-state index in [0.717, 1.165) is 31.5 Å². The van der Waals surface area contributed by atoms with Crippen LogP contribution in [0, 0.1) is 5.92 Å². The van der Waals surface area contributed by atoms with Crippen molar-refractivity contribution in [1.82, 2.24) is 4.90 Å².